The van der Waals surface area contributed by atoms with Crippen LogP contribution in [0, 0.1) is 17.0 Å². The first-order chi connectivity index (χ1) is 14.7. The van der Waals surface area contributed by atoms with Gasteiger partial charge in [0.25, 0.3) is 17.5 Å². The van der Waals surface area contributed by atoms with Crippen LogP contribution in [0.15, 0.2) is 54.6 Å². The molecular formula is C22H16ClN3O5. The molecule has 1 aliphatic rings. The molecule has 1 aliphatic heterocycles. The first-order valence-corrected chi connectivity index (χ1v) is 9.58. The van der Waals surface area contributed by atoms with E-state index in [9.17, 15) is 19.7 Å². The lowest BCUT2D eigenvalue weighted by atomic mass is 10.1. The zero-order chi connectivity index (χ0) is 22.3. The van der Waals surface area contributed by atoms with Gasteiger partial charge in [0, 0.05) is 23.8 Å². The quantitative estimate of drug-likeness (QED) is 0.448. The number of hydrogen-bond acceptors (Lipinski definition) is 5. The number of halogens is 1. The van der Waals surface area contributed by atoms with Crippen LogP contribution in [0.25, 0.3) is 0 Å². The van der Waals surface area contributed by atoms with Crippen LogP contribution in [0.4, 0.5) is 17.1 Å². The third-order valence-electron chi connectivity index (χ3n) is 4.87. The Morgan fingerprint density at radius 1 is 1.10 bits per heavy atom. The van der Waals surface area contributed by atoms with Crippen molar-refractivity contribution >= 4 is 40.5 Å². The van der Waals surface area contributed by atoms with Crippen LogP contribution in [0.5, 0.6) is 11.5 Å². The Labute approximate surface area is 182 Å². The topological polar surface area (TPSA) is 102 Å². The van der Waals surface area contributed by atoms with Gasteiger partial charge in [0.2, 0.25) is 0 Å². The molecule has 0 fully saturated rings. The summed E-state index contributed by atoms with van der Waals surface area (Å²) >= 11 is 5.90. The number of rotatable bonds is 3. The molecule has 0 spiro atoms. The number of nitro groups is 1. The Kier molecular flexibility index (Phi) is 5.08. The highest BCUT2D eigenvalue weighted by molar-refractivity contribution is 6.31. The maximum absolute atomic E-state index is 13.0. The van der Waals surface area contributed by atoms with Crippen LogP contribution in [-0.2, 0) is 0 Å². The maximum Gasteiger partial charge on any atom is 0.282 e. The Bertz CT molecular complexity index is 1260. The van der Waals surface area contributed by atoms with Gasteiger partial charge >= 0.3 is 0 Å². The van der Waals surface area contributed by atoms with Crippen molar-refractivity contribution in [2.45, 2.75) is 6.92 Å². The number of nitrogens with one attached hydrogen (secondary N) is 1. The second kappa shape index (κ2) is 7.73. The van der Waals surface area contributed by atoms with Gasteiger partial charge in [-0.25, -0.2) is 0 Å². The molecule has 0 aromatic heterocycles. The Morgan fingerprint density at radius 3 is 2.58 bits per heavy atom. The molecule has 31 heavy (non-hydrogen) atoms. The van der Waals surface area contributed by atoms with E-state index in [2.05, 4.69) is 5.32 Å². The van der Waals surface area contributed by atoms with Gasteiger partial charge in [-0.15, -0.1) is 0 Å². The number of ether oxygens (including phenoxy) is 1. The Balaban J connectivity index is 1.68. The van der Waals surface area contributed by atoms with Crippen LogP contribution in [-0.4, -0.2) is 23.8 Å². The summed E-state index contributed by atoms with van der Waals surface area (Å²) in [7, 11) is 1.64. The Hall–Kier alpha value is -3.91. The summed E-state index contributed by atoms with van der Waals surface area (Å²) in [5, 5.41) is 14.0. The molecule has 0 bridgehead atoms. The molecule has 1 N–H and O–H groups in total. The third-order valence-corrected chi connectivity index (χ3v) is 5.10. The molecule has 0 aliphatic carbocycles. The molecule has 4 rings (SSSR count). The van der Waals surface area contributed by atoms with Gasteiger partial charge < -0.3 is 15.0 Å². The van der Waals surface area contributed by atoms with E-state index in [0.717, 1.165) is 5.56 Å². The highest BCUT2D eigenvalue weighted by atomic mass is 35.5. The average molecular weight is 438 g/mol. The van der Waals surface area contributed by atoms with Gasteiger partial charge in [0.05, 0.1) is 16.2 Å². The summed E-state index contributed by atoms with van der Waals surface area (Å²) in [6, 6.07) is 13.8. The highest BCUT2D eigenvalue weighted by Crippen LogP contribution is 2.39. The summed E-state index contributed by atoms with van der Waals surface area (Å²) in [5.41, 5.74) is 1.57. The minimum absolute atomic E-state index is 0.185. The van der Waals surface area contributed by atoms with Crippen LogP contribution >= 0.6 is 11.6 Å². The van der Waals surface area contributed by atoms with Gasteiger partial charge in [-0.2, -0.15) is 0 Å². The number of amides is 2. The Morgan fingerprint density at radius 2 is 1.84 bits per heavy atom. The van der Waals surface area contributed by atoms with Crippen molar-refractivity contribution in [3.63, 3.8) is 0 Å². The van der Waals surface area contributed by atoms with Crippen molar-refractivity contribution < 1.29 is 19.2 Å². The van der Waals surface area contributed by atoms with Crippen molar-refractivity contribution in [1.82, 2.24) is 0 Å². The molecule has 156 valence electrons. The minimum Gasteiger partial charge on any atom is -0.454 e. The monoisotopic (exact) mass is 437 g/mol. The van der Waals surface area contributed by atoms with E-state index in [4.69, 9.17) is 16.3 Å². The minimum atomic E-state index is -0.719. The summed E-state index contributed by atoms with van der Waals surface area (Å²) < 4.78 is 5.93. The van der Waals surface area contributed by atoms with Crippen LogP contribution in [0.2, 0.25) is 5.02 Å². The molecule has 0 unspecified atom stereocenters. The van der Waals surface area contributed by atoms with Crippen molar-refractivity contribution in [3.05, 3.63) is 86.4 Å². The smallest absolute Gasteiger partial charge is 0.282 e. The summed E-state index contributed by atoms with van der Waals surface area (Å²) in [5.74, 6) is -0.162. The zero-order valence-corrected chi connectivity index (χ0v) is 17.3. The fraction of sp³-hybridized carbons (Fsp3) is 0.0909. The molecule has 8 nitrogen and oxygen atoms in total. The molecule has 3 aromatic carbocycles. The number of fused-ring (bicyclic) bond motifs is 2. The van der Waals surface area contributed by atoms with Gasteiger partial charge in [0.15, 0.2) is 5.75 Å². The number of carbonyl (C=O) groups is 2. The van der Waals surface area contributed by atoms with E-state index in [1.807, 2.05) is 19.1 Å². The van der Waals surface area contributed by atoms with Gasteiger partial charge in [0.1, 0.15) is 11.3 Å². The molecule has 2 amide bonds. The molecule has 9 heteroatoms. The number of benzene rings is 3. The SMILES string of the molecule is Cc1ccc2c(c1)N(C)C(=O)c1cc(NC(=O)c3cc(Cl)ccc3[N+](=O)[O-])ccc1O2. The largest absolute Gasteiger partial charge is 0.454 e. The lowest BCUT2D eigenvalue weighted by Crippen LogP contribution is -2.25. The first-order valence-electron chi connectivity index (χ1n) is 9.20. The van der Waals surface area contributed by atoms with Crippen LogP contribution < -0.4 is 15.0 Å². The van der Waals surface area contributed by atoms with E-state index < -0.39 is 10.8 Å². The standard InChI is InChI=1S/C22H16ClN3O5/c1-12-3-7-20-18(9-12)25(2)22(28)16-11-14(5-8-19(16)31-20)24-21(27)15-10-13(23)4-6-17(15)26(29)30/h3-11H,1-2H3,(H,24,27). The van der Waals surface area contributed by atoms with Crippen LogP contribution in [0.3, 0.4) is 0 Å². The van der Waals surface area contributed by atoms with Crippen molar-refractivity contribution in [3.8, 4) is 11.5 Å². The highest BCUT2D eigenvalue weighted by Gasteiger charge is 2.27. The third kappa shape index (κ3) is 3.80. The second-order valence-electron chi connectivity index (χ2n) is 7.02. The number of nitro benzene ring substituents is 1. The van der Waals surface area contributed by atoms with Crippen LogP contribution in [0.1, 0.15) is 26.3 Å². The van der Waals surface area contributed by atoms with Crippen molar-refractivity contribution in [2.75, 3.05) is 17.3 Å². The number of nitrogens with zero attached hydrogens (tertiary/aromatic N) is 2. The predicted molar refractivity (Wildman–Crippen MR) is 116 cm³/mol. The lowest BCUT2D eigenvalue weighted by molar-refractivity contribution is -0.385. The van der Waals surface area contributed by atoms with E-state index in [1.165, 1.54) is 29.2 Å². The molecule has 1 heterocycles. The first kappa shape index (κ1) is 20.4. The van der Waals surface area contributed by atoms with E-state index in [-0.39, 0.29) is 33.4 Å². The van der Waals surface area contributed by atoms with E-state index >= 15 is 0 Å². The normalized spacial score (nSPS) is 12.4. The number of hydrogen-bond donors (Lipinski definition) is 1. The van der Waals surface area contributed by atoms with Gasteiger partial charge in [-0.3, -0.25) is 19.7 Å². The second-order valence-corrected chi connectivity index (χ2v) is 7.46. The van der Waals surface area contributed by atoms with Gasteiger partial charge in [-0.1, -0.05) is 17.7 Å². The molecule has 0 radical (unpaired) electrons. The fourth-order valence-electron chi connectivity index (χ4n) is 3.30. The molecule has 0 atom stereocenters. The van der Waals surface area contributed by atoms with E-state index in [0.29, 0.717) is 17.2 Å². The summed E-state index contributed by atoms with van der Waals surface area (Å²) in [6.07, 6.45) is 0. The number of carbonyl (C=O) groups excluding carboxylic acids is 2. The van der Waals surface area contributed by atoms with Gasteiger partial charge in [-0.05, 0) is 55.0 Å². The maximum atomic E-state index is 13.0. The predicted octanol–water partition coefficient (Wildman–Crippen LogP) is 5.19. The zero-order valence-electron chi connectivity index (χ0n) is 16.5. The average Bonchev–Trinajstić information content (AvgIpc) is 2.83. The molecular weight excluding hydrogens is 422 g/mol. The number of anilines is 2. The number of aryl methyl sites for hydroxylation is 1. The molecule has 0 saturated heterocycles. The summed E-state index contributed by atoms with van der Waals surface area (Å²) in [6.45, 7) is 1.92. The molecule has 0 saturated carbocycles. The van der Waals surface area contributed by atoms with Crippen molar-refractivity contribution in [2.24, 2.45) is 0 Å². The van der Waals surface area contributed by atoms with Crippen molar-refractivity contribution in [1.29, 1.82) is 0 Å². The van der Waals surface area contributed by atoms with E-state index in [1.54, 1.807) is 25.2 Å². The fourth-order valence-corrected chi connectivity index (χ4v) is 3.47. The lowest BCUT2D eigenvalue weighted by Gasteiger charge is -2.16. The molecule has 3 aromatic rings. The summed E-state index contributed by atoms with van der Waals surface area (Å²) in [4.78, 5) is 37.8.